The summed E-state index contributed by atoms with van der Waals surface area (Å²) in [5.41, 5.74) is 1.59. The van der Waals surface area contributed by atoms with Gasteiger partial charge >= 0.3 is 11.9 Å². The first-order valence-corrected chi connectivity index (χ1v) is 16.5. The molecule has 2 aromatic carbocycles. The van der Waals surface area contributed by atoms with Crippen LogP contribution >= 0.6 is 34.5 Å². The van der Waals surface area contributed by atoms with E-state index in [2.05, 4.69) is 10.3 Å². The molecule has 4 aromatic rings. The third-order valence-corrected chi connectivity index (χ3v) is 10.6. The van der Waals surface area contributed by atoms with Gasteiger partial charge in [-0.3, -0.25) is 9.59 Å². The number of carbonyl (C=O) groups excluding carboxylic acids is 2. The number of furan rings is 1. The monoisotopic (exact) mass is 691 g/mol. The van der Waals surface area contributed by atoms with E-state index in [-0.39, 0.29) is 65.0 Å². The number of nitrogens with one attached hydrogen (secondary N) is 1. The molecule has 0 aliphatic carbocycles. The first-order valence-electron chi connectivity index (χ1n) is 14.9. The van der Waals surface area contributed by atoms with E-state index >= 15 is 0 Å². The second-order valence-electron chi connectivity index (χ2n) is 11.7. The van der Waals surface area contributed by atoms with Crippen LogP contribution in [-0.4, -0.2) is 63.0 Å². The fourth-order valence-corrected chi connectivity index (χ4v) is 8.04. The van der Waals surface area contributed by atoms with Crippen molar-refractivity contribution in [2.75, 3.05) is 25.0 Å². The molecule has 6 rings (SSSR count). The molecule has 0 radical (unpaired) electrons. The fraction of sp³-hybridized carbons (Fsp3) is 0.375. The summed E-state index contributed by atoms with van der Waals surface area (Å²) >= 11 is 14.7. The molecule has 2 atom stereocenters. The summed E-state index contributed by atoms with van der Waals surface area (Å²) in [5.74, 6) is -4.38. The number of likely N-dealkylation sites (tertiary alicyclic amines) is 1. The summed E-state index contributed by atoms with van der Waals surface area (Å²) in [6.45, 7) is 0.487. The number of thiazole rings is 1. The van der Waals surface area contributed by atoms with Gasteiger partial charge in [-0.05, 0) is 30.2 Å². The molecule has 2 aliphatic rings. The number of halogens is 4. The van der Waals surface area contributed by atoms with Crippen LogP contribution in [0.5, 0.6) is 0 Å². The molecule has 2 amide bonds. The van der Waals surface area contributed by atoms with Gasteiger partial charge in [0.05, 0.1) is 42.2 Å². The van der Waals surface area contributed by atoms with Crippen LogP contribution in [0.3, 0.4) is 0 Å². The molecular formula is C32H31Cl2F2N4O5S+. The predicted molar refractivity (Wildman–Crippen MR) is 170 cm³/mol. The minimum Gasteiger partial charge on any atom is -0.481 e. The topological polar surface area (TPSA) is 113 Å². The summed E-state index contributed by atoms with van der Waals surface area (Å²) in [6.07, 6.45) is 3.73. The Morgan fingerprint density at radius 3 is 2.67 bits per heavy atom. The number of para-hydroxylation sites is 1. The molecule has 0 saturated carbocycles. The van der Waals surface area contributed by atoms with E-state index in [0.29, 0.717) is 52.9 Å². The number of hydrogen-bond acceptors (Lipinski definition) is 7. The summed E-state index contributed by atoms with van der Waals surface area (Å²) in [6, 6.07) is 9.77. The highest BCUT2D eigenvalue weighted by atomic mass is 35.5. The van der Waals surface area contributed by atoms with Crippen LogP contribution in [0, 0.1) is 0 Å². The Labute approximate surface area is 277 Å². The number of aromatic nitrogens is 1. The van der Waals surface area contributed by atoms with E-state index in [1.807, 2.05) is 5.01 Å². The second kappa shape index (κ2) is 13.0. The molecule has 2 fully saturated rings. The first-order chi connectivity index (χ1) is 22.0. The number of alkyl halides is 2. The average Bonchev–Trinajstić information content (AvgIpc) is 3.77. The van der Waals surface area contributed by atoms with E-state index in [1.54, 1.807) is 36.5 Å². The summed E-state index contributed by atoms with van der Waals surface area (Å²) in [7, 11) is 0. The number of piperidine rings is 1. The molecular weight excluding hydrogens is 661 g/mol. The summed E-state index contributed by atoms with van der Waals surface area (Å²) < 4.78 is 33.8. The standard InChI is InChI=1S/C32H30Cl2F2N4O5S/c33-23-16-25(38-30(44)22-18-45-27-6-2-1-4-21(22)27)24(34)14-19(23)15-28(41)40(39-11-9-32(35,36)10-12-39)13-3-5-26(40)31-37-17-20(46-31)7-8-29(42)43/h1-2,4,6,14,16-18,26H,3,5,7-13,15H2,(H-,38,42,43,44)/p+1/t26-,40?/m0/s1. The zero-order chi connectivity index (χ0) is 32.6. The number of carboxylic acid groups (broad SMARTS) is 1. The highest BCUT2D eigenvalue weighted by Crippen LogP contribution is 2.46. The molecule has 2 N–H and O–H groups in total. The number of anilines is 1. The maximum Gasteiger partial charge on any atom is 0.337 e. The minimum atomic E-state index is -2.80. The summed E-state index contributed by atoms with van der Waals surface area (Å²) in [5, 5.41) is 15.4. The molecule has 0 bridgehead atoms. The Hall–Kier alpha value is -3.42. The van der Waals surface area contributed by atoms with E-state index in [0.717, 1.165) is 4.88 Å². The van der Waals surface area contributed by atoms with Crippen LogP contribution in [0.1, 0.15) is 64.0 Å². The fourth-order valence-electron chi connectivity index (χ4n) is 6.46. The van der Waals surface area contributed by atoms with Crippen LogP contribution in [-0.2, 0) is 22.4 Å². The quantitative estimate of drug-likeness (QED) is 0.175. The van der Waals surface area contributed by atoms with Gasteiger partial charge in [-0.1, -0.05) is 41.4 Å². The van der Waals surface area contributed by atoms with Gasteiger partial charge in [0, 0.05) is 47.2 Å². The third-order valence-electron chi connectivity index (χ3n) is 8.79. The lowest BCUT2D eigenvalue weighted by molar-refractivity contribution is -0.986. The number of hydrogen-bond donors (Lipinski definition) is 2. The van der Waals surface area contributed by atoms with Gasteiger partial charge in [0.1, 0.15) is 18.4 Å². The van der Waals surface area contributed by atoms with Gasteiger partial charge in [0.2, 0.25) is 0 Å². The Kier molecular flexibility index (Phi) is 9.19. The van der Waals surface area contributed by atoms with Crippen molar-refractivity contribution in [3.8, 4) is 0 Å². The molecule has 2 aromatic heterocycles. The predicted octanol–water partition coefficient (Wildman–Crippen LogP) is 7.53. The van der Waals surface area contributed by atoms with Gasteiger partial charge in [0.15, 0.2) is 11.0 Å². The number of aryl methyl sites for hydroxylation is 1. The van der Waals surface area contributed by atoms with Crippen molar-refractivity contribution in [3.05, 3.63) is 79.9 Å². The minimum absolute atomic E-state index is 0.0363. The highest BCUT2D eigenvalue weighted by molar-refractivity contribution is 7.11. The number of carboxylic acids is 1. The lowest BCUT2D eigenvalue weighted by atomic mass is 10.1. The lowest BCUT2D eigenvalue weighted by Crippen LogP contribution is -2.65. The van der Waals surface area contributed by atoms with Gasteiger partial charge in [0.25, 0.3) is 11.8 Å². The Bertz CT molecular complexity index is 1800. The van der Waals surface area contributed by atoms with Crippen LogP contribution in [0.25, 0.3) is 11.0 Å². The zero-order valence-electron chi connectivity index (χ0n) is 24.6. The van der Waals surface area contributed by atoms with Crippen molar-refractivity contribution in [1.82, 2.24) is 9.99 Å². The van der Waals surface area contributed by atoms with Crippen molar-refractivity contribution in [2.45, 2.75) is 56.9 Å². The first kappa shape index (κ1) is 32.5. The van der Waals surface area contributed by atoms with E-state index < -0.39 is 23.8 Å². The zero-order valence-corrected chi connectivity index (χ0v) is 26.9. The van der Waals surface area contributed by atoms with Gasteiger partial charge in [-0.25, -0.2) is 18.6 Å². The maximum atomic E-state index is 14.5. The Morgan fingerprint density at radius 1 is 1.15 bits per heavy atom. The van der Waals surface area contributed by atoms with Crippen molar-refractivity contribution in [2.24, 2.45) is 0 Å². The van der Waals surface area contributed by atoms with E-state index in [4.69, 9.17) is 32.7 Å². The highest BCUT2D eigenvalue weighted by Gasteiger charge is 2.56. The third kappa shape index (κ3) is 6.41. The SMILES string of the molecule is O=C(O)CCc1cnc([C@@H]2CCC[N+]2(C(=O)Cc2cc(Cl)c(NC(=O)c3coc4ccccc34)cc2Cl)N2CCC(F)(F)CC2)s1. The molecule has 4 heterocycles. The summed E-state index contributed by atoms with van der Waals surface area (Å²) in [4.78, 5) is 44.0. The molecule has 2 saturated heterocycles. The number of aliphatic carboxylic acids is 1. The number of carbonyl (C=O) groups is 3. The largest absolute Gasteiger partial charge is 0.481 e. The number of benzene rings is 2. The van der Waals surface area contributed by atoms with Crippen LogP contribution < -0.4 is 5.32 Å². The van der Waals surface area contributed by atoms with Crippen LogP contribution in [0.4, 0.5) is 14.5 Å². The number of fused-ring (bicyclic) bond motifs is 1. The molecule has 9 nitrogen and oxygen atoms in total. The molecule has 1 unspecified atom stereocenters. The maximum absolute atomic E-state index is 14.5. The molecule has 46 heavy (non-hydrogen) atoms. The molecule has 14 heteroatoms. The smallest absolute Gasteiger partial charge is 0.337 e. The normalized spacial score (nSPS) is 21.4. The van der Waals surface area contributed by atoms with Crippen molar-refractivity contribution in [3.63, 3.8) is 0 Å². The second-order valence-corrected chi connectivity index (χ2v) is 13.6. The van der Waals surface area contributed by atoms with Crippen LogP contribution in [0.2, 0.25) is 10.0 Å². The van der Waals surface area contributed by atoms with E-state index in [9.17, 15) is 23.2 Å². The molecule has 2 aliphatic heterocycles. The number of rotatable bonds is 9. The number of nitrogens with zero attached hydrogens (tertiary/aromatic N) is 3. The van der Waals surface area contributed by atoms with Crippen LogP contribution in [0.15, 0.2) is 53.3 Å². The number of quaternary nitrogens is 1. The van der Waals surface area contributed by atoms with E-state index in [1.165, 1.54) is 23.7 Å². The number of amides is 2. The van der Waals surface area contributed by atoms with Crippen molar-refractivity contribution in [1.29, 1.82) is 0 Å². The molecule has 242 valence electrons. The van der Waals surface area contributed by atoms with Gasteiger partial charge in [-0.15, -0.1) is 16.3 Å². The Morgan fingerprint density at radius 2 is 1.91 bits per heavy atom. The average molecular weight is 693 g/mol. The molecule has 0 spiro atoms. The lowest BCUT2D eigenvalue weighted by Gasteiger charge is -2.46. The van der Waals surface area contributed by atoms with Crippen molar-refractivity contribution < 1.29 is 37.3 Å². The van der Waals surface area contributed by atoms with Crippen molar-refractivity contribution >= 4 is 69.0 Å². The Balaban J connectivity index is 1.27. The van der Waals surface area contributed by atoms with Gasteiger partial charge in [-0.2, -0.15) is 4.59 Å². The van der Waals surface area contributed by atoms with Gasteiger partial charge < -0.3 is 14.8 Å².